The fourth-order valence-corrected chi connectivity index (χ4v) is 6.80. The number of imidazole rings is 1. The molecule has 0 saturated heterocycles. The van der Waals surface area contributed by atoms with Gasteiger partial charge >= 0.3 is 0 Å². The minimum absolute atomic E-state index is 0. The number of aryl methyl sites for hydroxylation is 2. The quantitative estimate of drug-likeness (QED) is 0.163. The maximum atomic E-state index is 11.0. The van der Waals surface area contributed by atoms with E-state index in [-0.39, 0.29) is 26.8 Å². The Morgan fingerprint density at radius 1 is 0.620 bits per heavy atom. The summed E-state index contributed by atoms with van der Waals surface area (Å²) in [5.41, 5.74) is 14.1. The van der Waals surface area contributed by atoms with Crippen molar-refractivity contribution in [3.63, 3.8) is 0 Å². The third kappa shape index (κ3) is 6.31. The van der Waals surface area contributed by atoms with Crippen LogP contribution in [0.25, 0.3) is 61.6 Å². The van der Waals surface area contributed by atoms with Crippen molar-refractivity contribution >= 4 is 11.0 Å². The van der Waals surface area contributed by atoms with Gasteiger partial charge in [-0.25, -0.2) is 4.98 Å². The number of fused-ring (bicyclic) bond motifs is 1. The first-order valence-electron chi connectivity index (χ1n) is 16.5. The molecule has 8 rings (SSSR count). The van der Waals surface area contributed by atoms with Crippen LogP contribution in [-0.4, -0.2) is 19.6 Å². The molecule has 0 aliphatic carbocycles. The molecule has 0 aliphatic heterocycles. The molecule has 5 heteroatoms. The third-order valence-electron chi connectivity index (χ3n) is 9.08. The Morgan fingerprint density at radius 3 is 2.02 bits per heavy atom. The predicted molar refractivity (Wildman–Crippen MR) is 200 cm³/mol. The van der Waals surface area contributed by atoms with Gasteiger partial charge in [-0.3, -0.25) is 9.55 Å². The third-order valence-corrected chi connectivity index (χ3v) is 9.08. The molecule has 0 amide bonds. The second-order valence-corrected chi connectivity index (χ2v) is 12.4. The summed E-state index contributed by atoms with van der Waals surface area (Å²) in [6.45, 7) is 4.33. The Labute approximate surface area is 307 Å². The van der Waals surface area contributed by atoms with Crippen LogP contribution in [0, 0.1) is 19.9 Å². The van der Waals surface area contributed by atoms with E-state index in [1.165, 1.54) is 22.3 Å². The van der Waals surface area contributed by atoms with Crippen LogP contribution in [0.1, 0.15) is 22.4 Å². The van der Waals surface area contributed by atoms with Gasteiger partial charge in [0, 0.05) is 44.6 Å². The maximum absolute atomic E-state index is 11.0. The van der Waals surface area contributed by atoms with Gasteiger partial charge < -0.3 is 5.11 Å². The average molecular weight is 828 g/mol. The van der Waals surface area contributed by atoms with Crippen LogP contribution < -0.4 is 0 Å². The van der Waals surface area contributed by atoms with E-state index in [0.717, 1.165) is 56.8 Å². The number of aromatic hydroxyl groups is 1. The molecule has 8 aromatic rings. The molecule has 0 spiro atoms. The monoisotopic (exact) mass is 827 g/mol. The Morgan fingerprint density at radius 2 is 1.26 bits per heavy atom. The fraction of sp³-hybridized carbons (Fsp3) is 0.0667. The van der Waals surface area contributed by atoms with Crippen molar-refractivity contribution in [3.05, 3.63) is 180 Å². The molecule has 0 saturated carbocycles. The van der Waals surface area contributed by atoms with Gasteiger partial charge in [-0.15, -0.1) is 23.8 Å². The summed E-state index contributed by atoms with van der Waals surface area (Å²) in [5.74, 6) is 0.858. The zero-order chi connectivity index (χ0) is 33.3. The van der Waals surface area contributed by atoms with Crippen LogP contribution in [-0.2, 0) is 27.5 Å². The van der Waals surface area contributed by atoms with E-state index in [1.54, 1.807) is 6.07 Å². The van der Waals surface area contributed by atoms with Crippen LogP contribution in [0.2, 0.25) is 0 Å². The van der Waals surface area contributed by atoms with E-state index in [0.29, 0.717) is 11.4 Å². The van der Waals surface area contributed by atoms with Crippen LogP contribution in [0.5, 0.6) is 5.75 Å². The number of rotatable bonds is 7. The molecule has 246 valence electrons. The summed E-state index contributed by atoms with van der Waals surface area (Å²) in [6.07, 6.45) is 0.753. The van der Waals surface area contributed by atoms with Crippen molar-refractivity contribution in [2.24, 2.45) is 0 Å². The summed E-state index contributed by atoms with van der Waals surface area (Å²) >= 11 is 0. The van der Waals surface area contributed by atoms with E-state index in [4.69, 9.17) is 9.97 Å². The topological polar surface area (TPSA) is 50.9 Å². The summed E-state index contributed by atoms with van der Waals surface area (Å²) in [7, 11) is 0. The van der Waals surface area contributed by atoms with Gasteiger partial charge in [-0.2, -0.15) is 0 Å². The second kappa shape index (κ2) is 14.1. The largest absolute Gasteiger partial charge is 0.507 e. The van der Waals surface area contributed by atoms with Crippen molar-refractivity contribution in [3.8, 4) is 56.3 Å². The Kier molecular flexibility index (Phi) is 9.30. The Hall–Kier alpha value is -5.57. The van der Waals surface area contributed by atoms with E-state index in [2.05, 4.69) is 128 Å². The second-order valence-electron chi connectivity index (χ2n) is 12.4. The van der Waals surface area contributed by atoms with Gasteiger partial charge in [-0.1, -0.05) is 120 Å². The van der Waals surface area contributed by atoms with Crippen molar-refractivity contribution in [2.75, 3.05) is 0 Å². The first-order valence-corrected chi connectivity index (χ1v) is 16.5. The van der Waals surface area contributed by atoms with E-state index in [9.17, 15) is 5.11 Å². The first-order chi connectivity index (χ1) is 24.0. The predicted octanol–water partition coefficient (Wildman–Crippen LogP) is 10.8. The number of phenols is 1. The molecular weight excluding hydrogens is 794 g/mol. The number of phenolic OH excluding ortho intramolecular Hbond substituents is 1. The zero-order valence-electron chi connectivity index (χ0n) is 27.7. The van der Waals surface area contributed by atoms with E-state index < -0.39 is 0 Å². The van der Waals surface area contributed by atoms with Gasteiger partial charge in [0.25, 0.3) is 0 Å². The standard InChI is InChI=1S/C45H34N3O.Pt/c1-30-14-11-15-31(2)43(30)35-28-33(27-34(29-35)40-23-12-18-36(46-40)26-32-16-5-3-6-17-32)38-22-13-24-41-44(38)47-45(39-21-9-10-25-42(39)49)48(41)37-19-7-4-8-20-37;/h3-25,28-29,49H,26H2,1-2H3;/q-1;. The molecule has 0 atom stereocenters. The minimum Gasteiger partial charge on any atom is -0.507 e. The Balaban J connectivity index is 0.00000392. The molecule has 6 aromatic carbocycles. The smallest absolute Gasteiger partial charge is 0.148 e. The SMILES string of the molecule is Cc1cccc(C)c1-c1cc(-c2cccc(Cc3ccccc3)n2)[c-]c(-c2cccc3c2nc(-c2ccccc2O)n3-c2ccccc2)c1.[Pt]. The first kappa shape index (κ1) is 33.0. The van der Waals surface area contributed by atoms with E-state index >= 15 is 0 Å². The van der Waals surface area contributed by atoms with Crippen molar-refractivity contribution in [1.29, 1.82) is 0 Å². The molecule has 2 heterocycles. The summed E-state index contributed by atoms with van der Waals surface area (Å²) < 4.78 is 2.12. The molecule has 0 aliphatic rings. The maximum Gasteiger partial charge on any atom is 0.148 e. The normalized spacial score (nSPS) is 11.0. The summed E-state index contributed by atoms with van der Waals surface area (Å²) in [6, 6.07) is 55.2. The van der Waals surface area contributed by atoms with Gasteiger partial charge in [0.1, 0.15) is 11.6 Å². The molecular formula is C45H34N3OPt-. The summed E-state index contributed by atoms with van der Waals surface area (Å²) in [4.78, 5) is 10.4. The van der Waals surface area contributed by atoms with Crippen molar-refractivity contribution in [1.82, 2.24) is 14.5 Å². The zero-order valence-corrected chi connectivity index (χ0v) is 30.0. The molecule has 2 aromatic heterocycles. The van der Waals surface area contributed by atoms with Crippen LogP contribution >= 0.6 is 0 Å². The Bertz CT molecular complexity index is 2430. The van der Waals surface area contributed by atoms with Crippen molar-refractivity contribution in [2.45, 2.75) is 20.3 Å². The molecule has 1 N–H and O–H groups in total. The van der Waals surface area contributed by atoms with Crippen LogP contribution in [0.15, 0.2) is 152 Å². The van der Waals surface area contributed by atoms with Gasteiger partial charge in [0.15, 0.2) is 0 Å². The fourth-order valence-electron chi connectivity index (χ4n) is 6.80. The number of aromatic nitrogens is 3. The molecule has 0 radical (unpaired) electrons. The minimum atomic E-state index is 0. The average Bonchev–Trinajstić information content (AvgIpc) is 3.52. The molecule has 0 bridgehead atoms. The number of benzene rings is 6. The number of nitrogens with zero attached hydrogens (tertiary/aromatic N) is 3. The number of pyridine rings is 1. The molecule has 4 nitrogen and oxygen atoms in total. The number of hydrogen-bond acceptors (Lipinski definition) is 3. The van der Waals surface area contributed by atoms with Gasteiger partial charge in [0.05, 0.1) is 16.6 Å². The van der Waals surface area contributed by atoms with Gasteiger partial charge in [0.2, 0.25) is 0 Å². The molecule has 0 fully saturated rings. The van der Waals surface area contributed by atoms with E-state index in [1.807, 2.05) is 42.5 Å². The van der Waals surface area contributed by atoms with Crippen LogP contribution in [0.4, 0.5) is 0 Å². The van der Waals surface area contributed by atoms with Crippen molar-refractivity contribution < 1.29 is 26.2 Å². The molecule has 50 heavy (non-hydrogen) atoms. The molecule has 0 unspecified atom stereocenters. The number of para-hydroxylation sites is 3. The van der Waals surface area contributed by atoms with Gasteiger partial charge in [-0.05, 0) is 72.5 Å². The summed E-state index contributed by atoms with van der Waals surface area (Å²) in [5, 5.41) is 11.0. The number of hydrogen-bond donors (Lipinski definition) is 1. The van der Waals surface area contributed by atoms with Crippen LogP contribution in [0.3, 0.4) is 0 Å².